The maximum absolute atomic E-state index is 5.07. The molecule has 5 aromatic carbocycles. The Kier molecular flexibility index (Phi) is 4.39. The first-order valence-corrected chi connectivity index (χ1v) is 14.5. The minimum absolute atomic E-state index is 0.910. The normalized spacial score (nSPS) is 12.2. The molecule has 10 aromatic rings. The van der Waals surface area contributed by atoms with Crippen molar-refractivity contribution in [2.75, 3.05) is 0 Å². The van der Waals surface area contributed by atoms with E-state index in [2.05, 4.69) is 135 Å². The number of para-hydroxylation sites is 4. The molecule has 0 saturated carbocycles. The van der Waals surface area contributed by atoms with E-state index in [0.29, 0.717) is 0 Å². The lowest BCUT2D eigenvalue weighted by molar-refractivity contribution is 1.17. The van der Waals surface area contributed by atoms with Crippen LogP contribution >= 0.6 is 0 Å². The molecule has 0 amide bonds. The van der Waals surface area contributed by atoms with Gasteiger partial charge in [-0.15, -0.1) is 0 Å². The maximum atomic E-state index is 5.07. The summed E-state index contributed by atoms with van der Waals surface area (Å²) < 4.78 is 7.14. The molecule has 0 bridgehead atoms. The van der Waals surface area contributed by atoms with E-state index in [1.807, 2.05) is 18.5 Å². The molecule has 0 atom stereocenters. The fourth-order valence-corrected chi connectivity index (χ4v) is 7.29. The van der Waals surface area contributed by atoms with Gasteiger partial charge in [-0.1, -0.05) is 72.8 Å². The molecule has 0 fully saturated rings. The van der Waals surface area contributed by atoms with Crippen LogP contribution in [0.25, 0.3) is 82.4 Å². The van der Waals surface area contributed by atoms with Crippen LogP contribution in [0.2, 0.25) is 0 Å². The van der Waals surface area contributed by atoms with Crippen molar-refractivity contribution in [2.24, 2.45) is 0 Å². The first-order chi connectivity index (χ1) is 21.4. The smallest absolute Gasteiger partial charge is 0.146 e. The van der Waals surface area contributed by atoms with Gasteiger partial charge in [0.05, 0.1) is 33.1 Å². The molecule has 5 heterocycles. The molecule has 0 saturated heterocycles. The zero-order chi connectivity index (χ0) is 28.1. The highest BCUT2D eigenvalue weighted by Gasteiger charge is 2.27. The predicted octanol–water partition coefficient (Wildman–Crippen LogP) is 9.23. The van der Waals surface area contributed by atoms with Gasteiger partial charge in [-0.3, -0.25) is 9.38 Å². The molecule has 200 valence electrons. The van der Waals surface area contributed by atoms with Crippen LogP contribution < -0.4 is 0 Å². The van der Waals surface area contributed by atoms with E-state index in [1.54, 1.807) is 0 Å². The highest BCUT2D eigenvalue weighted by molar-refractivity contribution is 6.39. The number of benzene rings is 5. The lowest BCUT2D eigenvalue weighted by Crippen LogP contribution is -2.00. The fraction of sp³-hybridized carbons (Fsp3) is 0. The van der Waals surface area contributed by atoms with Gasteiger partial charge in [-0.05, 0) is 48.5 Å². The molecule has 0 radical (unpaired) electrons. The first kappa shape index (κ1) is 22.7. The molecule has 5 aromatic heterocycles. The second kappa shape index (κ2) is 8.30. The van der Waals surface area contributed by atoms with Crippen LogP contribution in [-0.2, 0) is 0 Å². The predicted molar refractivity (Wildman–Crippen MR) is 177 cm³/mol. The van der Waals surface area contributed by atoms with Gasteiger partial charge in [0.25, 0.3) is 0 Å². The van der Waals surface area contributed by atoms with Crippen molar-refractivity contribution < 1.29 is 0 Å². The molecule has 0 unspecified atom stereocenters. The maximum Gasteiger partial charge on any atom is 0.146 e. The van der Waals surface area contributed by atoms with Crippen LogP contribution in [0.5, 0.6) is 0 Å². The third-order valence-corrected chi connectivity index (χ3v) is 8.89. The van der Waals surface area contributed by atoms with Gasteiger partial charge in [0.1, 0.15) is 5.65 Å². The number of hydrogen-bond donors (Lipinski definition) is 0. The molecule has 0 aliphatic rings. The topological polar surface area (TPSA) is 40.1 Å². The summed E-state index contributed by atoms with van der Waals surface area (Å²) in [7, 11) is 0. The van der Waals surface area contributed by atoms with Crippen molar-refractivity contribution in [3.63, 3.8) is 0 Å². The van der Waals surface area contributed by atoms with Crippen molar-refractivity contribution in [1.29, 1.82) is 0 Å². The van der Waals surface area contributed by atoms with Crippen molar-refractivity contribution in [3.8, 4) is 11.4 Å². The summed E-state index contributed by atoms with van der Waals surface area (Å²) >= 11 is 0. The Labute approximate surface area is 245 Å². The second-order valence-electron chi connectivity index (χ2n) is 11.1. The van der Waals surface area contributed by atoms with Gasteiger partial charge in [-0.25, -0.2) is 4.98 Å². The van der Waals surface area contributed by atoms with Crippen molar-refractivity contribution in [3.05, 3.63) is 140 Å². The summed E-state index contributed by atoms with van der Waals surface area (Å²) in [6.07, 6.45) is 5.90. The Hall–Kier alpha value is -5.94. The average molecular weight is 550 g/mol. The quantitative estimate of drug-likeness (QED) is 0.202. The Morgan fingerprint density at radius 2 is 1.00 bits per heavy atom. The van der Waals surface area contributed by atoms with Crippen LogP contribution in [0.4, 0.5) is 0 Å². The third-order valence-electron chi connectivity index (χ3n) is 8.89. The largest absolute Gasteiger partial charge is 0.309 e. The Bertz CT molecular complexity index is 2710. The van der Waals surface area contributed by atoms with Crippen LogP contribution in [-0.4, -0.2) is 23.5 Å². The number of fused-ring (bicyclic) bond motifs is 15. The molecule has 5 heteroatoms. The number of pyridine rings is 2. The summed E-state index contributed by atoms with van der Waals surface area (Å²) in [5.41, 5.74) is 9.89. The lowest BCUT2D eigenvalue weighted by Gasteiger charge is -2.15. The Morgan fingerprint density at radius 1 is 0.419 bits per heavy atom. The summed E-state index contributed by atoms with van der Waals surface area (Å²) in [6, 6.07) is 43.1. The number of imidazole rings is 1. The zero-order valence-electron chi connectivity index (χ0n) is 23.0. The highest BCUT2D eigenvalue weighted by atomic mass is 15.1. The first-order valence-electron chi connectivity index (χ1n) is 14.5. The Balaban J connectivity index is 1.66. The SMILES string of the molecule is c1ccc(-n2c3ccccc3c3c4c5ncccc5c5nccn5c4c4c(c5ccccc5n4-c4ccccc4)c32)cc1. The average Bonchev–Trinajstić information content (AvgIpc) is 3.78. The lowest BCUT2D eigenvalue weighted by atomic mass is 10.00. The molecule has 10 rings (SSSR count). The van der Waals surface area contributed by atoms with Gasteiger partial charge in [-0.2, -0.15) is 0 Å². The minimum Gasteiger partial charge on any atom is -0.309 e. The molecule has 0 aliphatic carbocycles. The molecule has 5 nitrogen and oxygen atoms in total. The van der Waals surface area contributed by atoms with E-state index in [-0.39, 0.29) is 0 Å². The van der Waals surface area contributed by atoms with E-state index in [4.69, 9.17) is 9.97 Å². The van der Waals surface area contributed by atoms with Crippen LogP contribution in [0.3, 0.4) is 0 Å². The molecule has 43 heavy (non-hydrogen) atoms. The molecule has 0 aliphatic heterocycles. The van der Waals surface area contributed by atoms with Gasteiger partial charge in [0.2, 0.25) is 0 Å². The standard InChI is InChI=1S/C38H23N5/c1-3-12-24(13-4-1)42-29-19-9-7-16-26(29)31-33-34-28(18-11-21-39-34)38-40-22-23-41(38)36(33)37-32(35(31)42)27-17-8-10-20-30(27)43(37)25-14-5-2-6-15-25/h1-23H. The summed E-state index contributed by atoms with van der Waals surface area (Å²) in [5, 5.41) is 7.01. The number of hydrogen-bond acceptors (Lipinski definition) is 2. The van der Waals surface area contributed by atoms with E-state index in [9.17, 15) is 0 Å². The molecular weight excluding hydrogens is 526 g/mol. The highest BCUT2D eigenvalue weighted by Crippen LogP contribution is 2.48. The van der Waals surface area contributed by atoms with E-state index < -0.39 is 0 Å². The van der Waals surface area contributed by atoms with Gasteiger partial charge < -0.3 is 9.13 Å². The van der Waals surface area contributed by atoms with E-state index in [0.717, 1.165) is 49.9 Å². The molecular formula is C38H23N5. The van der Waals surface area contributed by atoms with Gasteiger partial charge >= 0.3 is 0 Å². The van der Waals surface area contributed by atoms with Crippen molar-refractivity contribution >= 4 is 71.1 Å². The van der Waals surface area contributed by atoms with Gasteiger partial charge in [0, 0.05) is 62.3 Å². The van der Waals surface area contributed by atoms with Crippen LogP contribution in [0.1, 0.15) is 0 Å². The third kappa shape index (κ3) is 2.85. The van der Waals surface area contributed by atoms with E-state index >= 15 is 0 Å². The molecule has 0 N–H and O–H groups in total. The van der Waals surface area contributed by atoms with Crippen molar-refractivity contribution in [2.45, 2.75) is 0 Å². The van der Waals surface area contributed by atoms with Crippen molar-refractivity contribution in [1.82, 2.24) is 23.5 Å². The number of nitrogens with zero attached hydrogens (tertiary/aromatic N) is 5. The monoisotopic (exact) mass is 549 g/mol. The number of rotatable bonds is 2. The van der Waals surface area contributed by atoms with E-state index in [1.165, 1.54) is 32.6 Å². The van der Waals surface area contributed by atoms with Crippen LogP contribution in [0.15, 0.2) is 140 Å². The fourth-order valence-electron chi connectivity index (χ4n) is 7.29. The van der Waals surface area contributed by atoms with Gasteiger partial charge in [0.15, 0.2) is 0 Å². The number of aromatic nitrogens is 5. The summed E-state index contributed by atoms with van der Waals surface area (Å²) in [4.78, 5) is 9.93. The van der Waals surface area contributed by atoms with Crippen LogP contribution in [0, 0.1) is 0 Å². The summed E-state index contributed by atoms with van der Waals surface area (Å²) in [5.74, 6) is 0. The summed E-state index contributed by atoms with van der Waals surface area (Å²) in [6.45, 7) is 0. The zero-order valence-corrected chi connectivity index (χ0v) is 23.0. The Morgan fingerprint density at radius 3 is 1.70 bits per heavy atom. The minimum atomic E-state index is 0.910. The second-order valence-corrected chi connectivity index (χ2v) is 11.1. The molecule has 0 spiro atoms.